The van der Waals surface area contributed by atoms with Gasteiger partial charge in [-0.2, -0.15) is 0 Å². The second kappa shape index (κ2) is 7.55. The molecule has 0 bridgehead atoms. The van der Waals surface area contributed by atoms with E-state index in [1.165, 1.54) is 6.21 Å². The van der Waals surface area contributed by atoms with E-state index in [2.05, 4.69) is 20.3 Å². The number of carbonyl (C=O) groups is 2. The van der Waals surface area contributed by atoms with Crippen LogP contribution in [0.5, 0.6) is 6.01 Å². The lowest BCUT2D eigenvalue weighted by molar-refractivity contribution is -0.132. The first-order valence-electron chi connectivity index (χ1n) is 8.55. The number of rotatable bonds is 4. The van der Waals surface area contributed by atoms with E-state index in [-0.39, 0.29) is 18.1 Å². The van der Waals surface area contributed by atoms with Crippen molar-refractivity contribution in [1.29, 1.82) is 0 Å². The first-order valence-corrected chi connectivity index (χ1v) is 8.55. The molecule has 1 aliphatic carbocycles. The van der Waals surface area contributed by atoms with Crippen LogP contribution < -0.4 is 10.1 Å². The summed E-state index contributed by atoms with van der Waals surface area (Å²) in [5.74, 6) is -1.49. The van der Waals surface area contributed by atoms with E-state index < -0.39 is 11.8 Å². The molecule has 1 aliphatic heterocycles. The molecular weight excluding hydrogens is 320 g/mol. The SMILES string of the molecule is Cc1cc(C)nc(OC2CCC(NC(=O)C3C=CC=NC3=O)CC2)n1. The van der Waals surface area contributed by atoms with Crippen molar-refractivity contribution in [1.82, 2.24) is 15.3 Å². The van der Waals surface area contributed by atoms with Crippen LogP contribution in [0.3, 0.4) is 0 Å². The van der Waals surface area contributed by atoms with Crippen molar-refractivity contribution >= 4 is 18.0 Å². The lowest BCUT2D eigenvalue weighted by Gasteiger charge is -2.29. The maximum Gasteiger partial charge on any atom is 0.317 e. The van der Waals surface area contributed by atoms with Crippen LogP contribution >= 0.6 is 0 Å². The summed E-state index contributed by atoms with van der Waals surface area (Å²) < 4.78 is 5.88. The van der Waals surface area contributed by atoms with Gasteiger partial charge in [-0.1, -0.05) is 6.08 Å². The number of allylic oxidation sites excluding steroid dienone is 1. The molecule has 2 heterocycles. The third-order valence-electron chi connectivity index (χ3n) is 4.39. The largest absolute Gasteiger partial charge is 0.460 e. The van der Waals surface area contributed by atoms with Crippen molar-refractivity contribution in [3.8, 4) is 6.01 Å². The molecule has 7 heteroatoms. The number of hydrogen-bond acceptors (Lipinski definition) is 5. The minimum absolute atomic E-state index is 0.0511. The van der Waals surface area contributed by atoms with Crippen LogP contribution in [0.2, 0.25) is 0 Å². The summed E-state index contributed by atoms with van der Waals surface area (Å²) in [7, 11) is 0. The average molecular weight is 342 g/mol. The number of nitrogens with zero attached hydrogens (tertiary/aromatic N) is 3. The van der Waals surface area contributed by atoms with Crippen LogP contribution in [0.1, 0.15) is 37.1 Å². The molecule has 3 rings (SSSR count). The highest BCUT2D eigenvalue weighted by Gasteiger charge is 2.29. The Hall–Kier alpha value is -2.57. The van der Waals surface area contributed by atoms with Crippen molar-refractivity contribution in [2.45, 2.75) is 51.7 Å². The first-order chi connectivity index (χ1) is 12.0. The molecule has 25 heavy (non-hydrogen) atoms. The van der Waals surface area contributed by atoms with Crippen LogP contribution in [0.25, 0.3) is 0 Å². The van der Waals surface area contributed by atoms with E-state index in [1.54, 1.807) is 12.2 Å². The van der Waals surface area contributed by atoms with Crippen molar-refractivity contribution in [2.24, 2.45) is 10.9 Å². The standard InChI is InChI=1S/C18H22N4O3/c1-11-10-12(2)21-18(20-11)25-14-7-5-13(6-8-14)22-17(24)15-4-3-9-19-16(15)23/h3-4,9-10,13-15H,5-8H2,1-2H3,(H,22,24). The zero-order valence-corrected chi connectivity index (χ0v) is 14.4. The van der Waals surface area contributed by atoms with E-state index in [9.17, 15) is 9.59 Å². The third kappa shape index (κ3) is 4.49. The molecule has 1 N–H and O–H groups in total. The Morgan fingerprint density at radius 3 is 2.48 bits per heavy atom. The Labute approximate surface area is 146 Å². The molecule has 0 saturated heterocycles. The molecule has 0 aromatic carbocycles. The van der Waals surface area contributed by atoms with Gasteiger partial charge in [0, 0.05) is 23.6 Å². The highest BCUT2D eigenvalue weighted by Crippen LogP contribution is 2.23. The van der Waals surface area contributed by atoms with Gasteiger partial charge in [0.05, 0.1) is 0 Å². The van der Waals surface area contributed by atoms with Crippen molar-refractivity contribution in [3.63, 3.8) is 0 Å². The zero-order valence-electron chi connectivity index (χ0n) is 14.4. The van der Waals surface area contributed by atoms with Crippen molar-refractivity contribution in [3.05, 3.63) is 29.6 Å². The summed E-state index contributed by atoms with van der Waals surface area (Å²) in [5.41, 5.74) is 1.77. The van der Waals surface area contributed by atoms with E-state index in [0.29, 0.717) is 6.01 Å². The molecule has 132 valence electrons. The maximum absolute atomic E-state index is 12.2. The molecule has 0 spiro atoms. The van der Waals surface area contributed by atoms with Crippen LogP contribution in [0, 0.1) is 19.8 Å². The molecule has 2 amide bonds. The summed E-state index contributed by atoms with van der Waals surface area (Å²) in [4.78, 5) is 36.1. The van der Waals surface area contributed by atoms with Gasteiger partial charge < -0.3 is 10.1 Å². The van der Waals surface area contributed by atoms with Gasteiger partial charge in [0.1, 0.15) is 12.0 Å². The third-order valence-corrected chi connectivity index (χ3v) is 4.39. The van der Waals surface area contributed by atoms with Crippen molar-refractivity contribution in [2.75, 3.05) is 0 Å². The topological polar surface area (TPSA) is 93.5 Å². The quantitative estimate of drug-likeness (QED) is 0.840. The summed E-state index contributed by atoms with van der Waals surface area (Å²) in [6.45, 7) is 3.83. The number of aryl methyl sites for hydroxylation is 2. The molecule has 1 saturated carbocycles. The van der Waals surface area contributed by atoms with Gasteiger partial charge in [-0.05, 0) is 51.7 Å². The molecule has 1 atom stereocenters. The summed E-state index contributed by atoms with van der Waals surface area (Å²) in [6.07, 6.45) is 7.89. The Balaban J connectivity index is 1.48. The van der Waals surface area contributed by atoms with E-state index in [4.69, 9.17) is 4.74 Å². The fourth-order valence-corrected chi connectivity index (χ4v) is 3.15. The molecular formula is C18H22N4O3. The fraction of sp³-hybridized carbons (Fsp3) is 0.500. The Kier molecular flexibility index (Phi) is 5.21. The normalized spacial score (nSPS) is 25.7. The number of aliphatic imine (C=N–C) groups is 1. The summed E-state index contributed by atoms with van der Waals surface area (Å²) in [5, 5.41) is 2.95. The number of carbonyl (C=O) groups excluding carboxylic acids is 2. The molecule has 0 radical (unpaired) electrons. The van der Waals surface area contributed by atoms with Gasteiger partial charge in [-0.15, -0.1) is 0 Å². The average Bonchev–Trinajstić information content (AvgIpc) is 2.56. The highest BCUT2D eigenvalue weighted by molar-refractivity contribution is 6.07. The minimum atomic E-state index is -0.803. The van der Waals surface area contributed by atoms with Crippen LogP contribution in [-0.4, -0.2) is 40.1 Å². The summed E-state index contributed by atoms with van der Waals surface area (Å²) in [6, 6.07) is 2.38. The first kappa shape index (κ1) is 17.3. The fourth-order valence-electron chi connectivity index (χ4n) is 3.15. The van der Waals surface area contributed by atoms with E-state index in [1.807, 2.05) is 19.9 Å². The number of nitrogens with one attached hydrogen (secondary N) is 1. The lowest BCUT2D eigenvalue weighted by Crippen LogP contribution is -2.43. The molecule has 7 nitrogen and oxygen atoms in total. The van der Waals surface area contributed by atoms with Gasteiger partial charge in [-0.3, -0.25) is 9.59 Å². The number of ether oxygens (including phenoxy) is 1. The summed E-state index contributed by atoms with van der Waals surface area (Å²) >= 11 is 0. The number of aromatic nitrogens is 2. The maximum atomic E-state index is 12.2. The van der Waals surface area contributed by atoms with Crippen LogP contribution in [0.4, 0.5) is 0 Å². The van der Waals surface area contributed by atoms with Crippen LogP contribution in [0.15, 0.2) is 23.2 Å². The Bertz CT molecular complexity index is 701. The minimum Gasteiger partial charge on any atom is -0.460 e. The van der Waals surface area contributed by atoms with Gasteiger partial charge >= 0.3 is 6.01 Å². The Morgan fingerprint density at radius 2 is 1.84 bits per heavy atom. The van der Waals surface area contributed by atoms with E-state index >= 15 is 0 Å². The van der Waals surface area contributed by atoms with Crippen LogP contribution in [-0.2, 0) is 9.59 Å². The second-order valence-electron chi connectivity index (χ2n) is 6.51. The number of amides is 2. The predicted molar refractivity (Wildman–Crippen MR) is 92.4 cm³/mol. The molecule has 1 aromatic heterocycles. The van der Waals surface area contributed by atoms with E-state index in [0.717, 1.165) is 37.1 Å². The number of dihydropyridines is 1. The monoisotopic (exact) mass is 342 g/mol. The molecule has 1 aromatic rings. The molecule has 1 unspecified atom stereocenters. The Morgan fingerprint density at radius 1 is 1.16 bits per heavy atom. The van der Waals surface area contributed by atoms with Gasteiger partial charge in [-0.25, -0.2) is 15.0 Å². The molecule has 2 aliphatic rings. The van der Waals surface area contributed by atoms with Gasteiger partial charge in [0.15, 0.2) is 0 Å². The highest BCUT2D eigenvalue weighted by atomic mass is 16.5. The predicted octanol–water partition coefficient (Wildman–Crippen LogP) is 1.68. The lowest BCUT2D eigenvalue weighted by atomic mass is 9.92. The second-order valence-corrected chi connectivity index (χ2v) is 6.51. The number of hydrogen-bond donors (Lipinski definition) is 1. The van der Waals surface area contributed by atoms with Gasteiger partial charge in [0.25, 0.3) is 5.91 Å². The molecule has 1 fully saturated rings. The zero-order chi connectivity index (χ0) is 17.8. The van der Waals surface area contributed by atoms with Gasteiger partial charge in [0.2, 0.25) is 5.91 Å². The van der Waals surface area contributed by atoms with Crippen molar-refractivity contribution < 1.29 is 14.3 Å². The smallest absolute Gasteiger partial charge is 0.317 e.